The normalized spacial score (nSPS) is 16.9. The van der Waals surface area contributed by atoms with Gasteiger partial charge in [0.15, 0.2) is 5.96 Å². The van der Waals surface area contributed by atoms with Gasteiger partial charge in [-0.1, -0.05) is 50.5 Å². The first-order valence-electron chi connectivity index (χ1n) is 7.43. The molecule has 1 aromatic rings. The van der Waals surface area contributed by atoms with Crippen LogP contribution in [-0.4, -0.2) is 19.0 Å². The Hall–Kier alpha value is -0.780. The molecule has 3 N–H and O–H groups in total. The maximum absolute atomic E-state index is 5.87. The lowest BCUT2D eigenvalue weighted by atomic mass is 9.78. The lowest BCUT2D eigenvalue weighted by molar-refractivity contribution is 0.614. The molecule has 1 aromatic carbocycles. The van der Waals surface area contributed by atoms with Crippen LogP contribution < -0.4 is 11.1 Å². The molecule has 0 aromatic heterocycles. The van der Waals surface area contributed by atoms with Gasteiger partial charge >= 0.3 is 0 Å². The molecule has 0 saturated carbocycles. The molecule has 1 aliphatic carbocycles. The van der Waals surface area contributed by atoms with Gasteiger partial charge in [-0.15, -0.1) is 24.0 Å². The van der Waals surface area contributed by atoms with Gasteiger partial charge in [-0.05, 0) is 24.0 Å². The zero-order valence-electron chi connectivity index (χ0n) is 12.3. The van der Waals surface area contributed by atoms with Crippen LogP contribution in [0.25, 0.3) is 0 Å². The smallest absolute Gasteiger partial charge is 0.188 e. The molecule has 1 unspecified atom stereocenters. The molecular formula is C16H26IN3. The summed E-state index contributed by atoms with van der Waals surface area (Å²) in [5.41, 5.74) is 8.79. The first-order chi connectivity index (χ1) is 9.31. The van der Waals surface area contributed by atoms with Crippen molar-refractivity contribution in [2.75, 3.05) is 13.1 Å². The van der Waals surface area contributed by atoms with E-state index in [-0.39, 0.29) is 24.0 Å². The first-order valence-corrected chi connectivity index (χ1v) is 7.43. The third kappa shape index (κ3) is 4.96. The van der Waals surface area contributed by atoms with Crippen LogP contribution in [0.3, 0.4) is 0 Å². The van der Waals surface area contributed by atoms with Crippen LogP contribution in [0.1, 0.15) is 49.7 Å². The summed E-state index contributed by atoms with van der Waals surface area (Å²) in [7, 11) is 0. The Morgan fingerprint density at radius 1 is 1.30 bits per heavy atom. The number of guanidine groups is 1. The fourth-order valence-electron chi connectivity index (χ4n) is 2.56. The first kappa shape index (κ1) is 17.3. The molecule has 0 aliphatic heterocycles. The highest BCUT2D eigenvalue weighted by Gasteiger charge is 2.24. The van der Waals surface area contributed by atoms with Crippen molar-refractivity contribution in [2.24, 2.45) is 10.7 Å². The van der Waals surface area contributed by atoms with Gasteiger partial charge in [0.1, 0.15) is 0 Å². The van der Waals surface area contributed by atoms with Gasteiger partial charge in [0.25, 0.3) is 0 Å². The monoisotopic (exact) mass is 387 g/mol. The average molecular weight is 387 g/mol. The molecule has 3 nitrogen and oxygen atoms in total. The molecule has 0 amide bonds. The molecule has 20 heavy (non-hydrogen) atoms. The summed E-state index contributed by atoms with van der Waals surface area (Å²) < 4.78 is 0. The van der Waals surface area contributed by atoms with Crippen molar-refractivity contribution < 1.29 is 0 Å². The Morgan fingerprint density at radius 3 is 2.85 bits per heavy atom. The van der Waals surface area contributed by atoms with E-state index in [9.17, 15) is 0 Å². The highest BCUT2D eigenvalue weighted by atomic mass is 127. The predicted molar refractivity (Wildman–Crippen MR) is 96.9 cm³/mol. The van der Waals surface area contributed by atoms with E-state index in [0.717, 1.165) is 19.5 Å². The lowest BCUT2D eigenvalue weighted by Crippen LogP contribution is -2.33. The minimum atomic E-state index is 0. The van der Waals surface area contributed by atoms with Crippen molar-refractivity contribution in [2.45, 2.75) is 44.9 Å². The van der Waals surface area contributed by atoms with Crippen molar-refractivity contribution in [1.82, 2.24) is 5.32 Å². The van der Waals surface area contributed by atoms with E-state index in [1.165, 1.54) is 36.8 Å². The van der Waals surface area contributed by atoms with Crippen LogP contribution in [-0.2, 0) is 6.42 Å². The summed E-state index contributed by atoms with van der Waals surface area (Å²) in [6.07, 6.45) is 6.16. The van der Waals surface area contributed by atoms with Crippen molar-refractivity contribution in [1.29, 1.82) is 0 Å². The molecule has 0 fully saturated rings. The Morgan fingerprint density at radius 2 is 2.10 bits per heavy atom. The van der Waals surface area contributed by atoms with E-state index in [1.54, 1.807) is 0 Å². The maximum atomic E-state index is 5.87. The van der Waals surface area contributed by atoms with Gasteiger partial charge in [-0.25, -0.2) is 0 Å². The van der Waals surface area contributed by atoms with Crippen molar-refractivity contribution >= 4 is 29.9 Å². The molecule has 0 bridgehead atoms. The Labute approximate surface area is 139 Å². The molecule has 112 valence electrons. The Bertz CT molecular complexity index is 431. The molecule has 1 atom stereocenters. The number of hydrogen-bond acceptors (Lipinski definition) is 1. The summed E-state index contributed by atoms with van der Waals surface area (Å²) >= 11 is 0. The van der Waals surface area contributed by atoms with E-state index in [2.05, 4.69) is 41.5 Å². The standard InChI is InChI=1S/C16H25N3.HI/c1-2-3-4-7-10-18-16(17)19-12-14-11-13-8-5-6-9-15(13)14;/h5-6,8-9,14H,2-4,7,10-12H2,1H3,(H3,17,18,19);1H. The molecule has 0 heterocycles. The van der Waals surface area contributed by atoms with Crippen molar-refractivity contribution in [3.05, 3.63) is 35.4 Å². The number of unbranched alkanes of at least 4 members (excludes halogenated alkanes) is 3. The molecule has 4 heteroatoms. The van der Waals surface area contributed by atoms with Crippen LogP contribution in [0.5, 0.6) is 0 Å². The second-order valence-electron chi connectivity index (χ2n) is 5.31. The van der Waals surface area contributed by atoms with Gasteiger partial charge in [-0.2, -0.15) is 0 Å². The highest BCUT2D eigenvalue weighted by Crippen LogP contribution is 2.34. The molecule has 0 radical (unpaired) electrons. The number of rotatable bonds is 7. The summed E-state index contributed by atoms with van der Waals surface area (Å²) in [6.45, 7) is 3.97. The highest BCUT2D eigenvalue weighted by molar-refractivity contribution is 14.0. The Balaban J connectivity index is 0.00000200. The summed E-state index contributed by atoms with van der Waals surface area (Å²) in [4.78, 5) is 4.45. The fourth-order valence-corrected chi connectivity index (χ4v) is 2.56. The zero-order chi connectivity index (χ0) is 13.5. The molecule has 1 aliphatic rings. The van der Waals surface area contributed by atoms with Crippen LogP contribution >= 0.6 is 24.0 Å². The number of halogens is 1. The van der Waals surface area contributed by atoms with Crippen molar-refractivity contribution in [3.63, 3.8) is 0 Å². The Kier molecular flexibility index (Phi) is 7.95. The topological polar surface area (TPSA) is 50.4 Å². The SMILES string of the molecule is CCCCCCNC(N)=NCC1Cc2ccccc21.I. The van der Waals surface area contributed by atoms with Gasteiger partial charge < -0.3 is 11.1 Å². The quantitative estimate of drug-likeness (QED) is 0.326. The van der Waals surface area contributed by atoms with Crippen LogP contribution in [0.15, 0.2) is 29.3 Å². The maximum Gasteiger partial charge on any atom is 0.188 e. The number of fused-ring (bicyclic) bond motifs is 1. The lowest BCUT2D eigenvalue weighted by Gasteiger charge is -2.28. The summed E-state index contributed by atoms with van der Waals surface area (Å²) in [6, 6.07) is 8.60. The van der Waals surface area contributed by atoms with Crippen LogP contribution in [0, 0.1) is 0 Å². The van der Waals surface area contributed by atoms with Crippen LogP contribution in [0.2, 0.25) is 0 Å². The van der Waals surface area contributed by atoms with E-state index < -0.39 is 0 Å². The zero-order valence-corrected chi connectivity index (χ0v) is 14.6. The number of aliphatic imine (C=N–C) groups is 1. The number of hydrogen-bond donors (Lipinski definition) is 2. The largest absolute Gasteiger partial charge is 0.370 e. The molecular weight excluding hydrogens is 361 g/mol. The minimum Gasteiger partial charge on any atom is -0.370 e. The van der Waals surface area contributed by atoms with Gasteiger partial charge in [-0.3, -0.25) is 4.99 Å². The predicted octanol–water partition coefficient (Wildman–Crippen LogP) is 3.43. The van der Waals surface area contributed by atoms with Gasteiger partial charge in [0.05, 0.1) is 0 Å². The second-order valence-corrected chi connectivity index (χ2v) is 5.31. The number of nitrogens with two attached hydrogens (primary N) is 1. The third-order valence-corrected chi connectivity index (χ3v) is 3.78. The van der Waals surface area contributed by atoms with Crippen LogP contribution in [0.4, 0.5) is 0 Å². The summed E-state index contributed by atoms with van der Waals surface area (Å²) in [5, 5.41) is 3.20. The molecule has 0 spiro atoms. The van der Waals surface area contributed by atoms with E-state index in [1.807, 2.05) is 0 Å². The number of nitrogens with one attached hydrogen (secondary N) is 1. The van der Waals surface area contributed by atoms with Gasteiger partial charge in [0.2, 0.25) is 0 Å². The summed E-state index contributed by atoms with van der Waals surface area (Å²) in [5.74, 6) is 1.16. The van der Waals surface area contributed by atoms with E-state index >= 15 is 0 Å². The van der Waals surface area contributed by atoms with E-state index in [0.29, 0.717) is 11.9 Å². The van der Waals surface area contributed by atoms with E-state index in [4.69, 9.17) is 5.73 Å². The van der Waals surface area contributed by atoms with Crippen molar-refractivity contribution in [3.8, 4) is 0 Å². The number of benzene rings is 1. The third-order valence-electron chi connectivity index (χ3n) is 3.78. The molecule has 2 rings (SSSR count). The average Bonchev–Trinajstić information content (AvgIpc) is 2.39. The van der Waals surface area contributed by atoms with Gasteiger partial charge in [0, 0.05) is 19.0 Å². The minimum absolute atomic E-state index is 0. The number of nitrogens with zero attached hydrogens (tertiary/aromatic N) is 1. The second kappa shape index (κ2) is 9.21. The fraction of sp³-hybridized carbons (Fsp3) is 0.562. The molecule has 0 saturated heterocycles.